The number of amides is 1. The average molecular weight is 282 g/mol. The van der Waals surface area contributed by atoms with Gasteiger partial charge < -0.3 is 15.3 Å². The maximum atomic E-state index is 12.7. The maximum absolute atomic E-state index is 12.7. The van der Waals surface area contributed by atoms with E-state index < -0.39 is 5.60 Å². The van der Waals surface area contributed by atoms with E-state index >= 15 is 0 Å². The summed E-state index contributed by atoms with van der Waals surface area (Å²) in [6, 6.07) is 17.2. The fourth-order valence-electron chi connectivity index (χ4n) is 2.86. The zero-order chi connectivity index (χ0) is 14.9. The molecule has 3 rings (SSSR count). The lowest BCUT2D eigenvalue weighted by atomic mass is 9.95. The molecular formula is C17H18N2O2. The van der Waals surface area contributed by atoms with Gasteiger partial charge in [-0.15, -0.1) is 0 Å². The molecule has 1 amide bonds. The van der Waals surface area contributed by atoms with Crippen molar-refractivity contribution in [1.82, 2.24) is 5.32 Å². The van der Waals surface area contributed by atoms with Crippen LogP contribution in [-0.2, 0) is 16.9 Å². The van der Waals surface area contributed by atoms with Crippen molar-refractivity contribution in [2.45, 2.75) is 12.1 Å². The number of nitrogens with zero attached hydrogens (tertiary/aromatic N) is 1. The smallest absolute Gasteiger partial charge is 0.265 e. The minimum atomic E-state index is -1.49. The van der Waals surface area contributed by atoms with Gasteiger partial charge in [0.05, 0.1) is 12.2 Å². The van der Waals surface area contributed by atoms with Crippen LogP contribution in [0, 0.1) is 0 Å². The number of rotatable bonds is 4. The molecule has 1 aliphatic heterocycles. The van der Waals surface area contributed by atoms with Gasteiger partial charge in [-0.05, 0) is 18.7 Å². The number of benzene rings is 2. The number of likely N-dealkylation sites (N-methyl/N-ethyl adjacent to an activating group) is 1. The van der Waals surface area contributed by atoms with Crippen molar-refractivity contribution in [3.05, 3.63) is 65.7 Å². The Morgan fingerprint density at radius 2 is 1.76 bits per heavy atom. The summed E-state index contributed by atoms with van der Waals surface area (Å²) in [5.74, 6) is -0.276. The van der Waals surface area contributed by atoms with Gasteiger partial charge in [-0.2, -0.15) is 0 Å². The summed E-state index contributed by atoms with van der Waals surface area (Å²) in [6.45, 7) is 0.664. The van der Waals surface area contributed by atoms with E-state index in [1.54, 1.807) is 11.9 Å². The highest BCUT2D eigenvalue weighted by molar-refractivity contribution is 6.06. The van der Waals surface area contributed by atoms with Crippen LogP contribution < -0.4 is 10.2 Å². The van der Waals surface area contributed by atoms with Gasteiger partial charge in [-0.25, -0.2) is 0 Å². The number of carbonyl (C=O) groups is 1. The van der Waals surface area contributed by atoms with E-state index in [9.17, 15) is 9.90 Å². The van der Waals surface area contributed by atoms with Gasteiger partial charge in [0.25, 0.3) is 5.91 Å². The second-order valence-corrected chi connectivity index (χ2v) is 5.28. The van der Waals surface area contributed by atoms with Crippen molar-refractivity contribution in [3.63, 3.8) is 0 Å². The first kappa shape index (κ1) is 13.8. The number of carbonyl (C=O) groups excluding carboxylic acids is 1. The molecule has 0 bridgehead atoms. The summed E-state index contributed by atoms with van der Waals surface area (Å²) in [4.78, 5) is 14.4. The largest absolute Gasteiger partial charge is 0.374 e. The monoisotopic (exact) mass is 282 g/mol. The van der Waals surface area contributed by atoms with Crippen LogP contribution in [0.2, 0.25) is 0 Å². The molecule has 0 fully saturated rings. The quantitative estimate of drug-likeness (QED) is 0.896. The van der Waals surface area contributed by atoms with Gasteiger partial charge in [0, 0.05) is 12.1 Å². The number of anilines is 1. The van der Waals surface area contributed by atoms with Gasteiger partial charge in [-0.3, -0.25) is 4.79 Å². The second-order valence-electron chi connectivity index (χ2n) is 5.28. The van der Waals surface area contributed by atoms with Gasteiger partial charge in [0.1, 0.15) is 0 Å². The third-order valence-electron chi connectivity index (χ3n) is 3.86. The van der Waals surface area contributed by atoms with Crippen molar-refractivity contribution >= 4 is 11.6 Å². The van der Waals surface area contributed by atoms with Crippen LogP contribution in [0.5, 0.6) is 0 Å². The molecule has 2 aromatic carbocycles. The molecule has 0 saturated heterocycles. The number of para-hydroxylation sites is 1. The molecule has 1 atom stereocenters. The highest BCUT2D eigenvalue weighted by Crippen LogP contribution is 2.40. The number of nitrogens with one attached hydrogen (secondary N) is 1. The predicted molar refractivity (Wildman–Crippen MR) is 81.9 cm³/mol. The van der Waals surface area contributed by atoms with Gasteiger partial charge >= 0.3 is 0 Å². The molecule has 2 aromatic rings. The van der Waals surface area contributed by atoms with E-state index in [4.69, 9.17) is 0 Å². The Bertz CT molecular complexity index is 657. The number of aliphatic hydroxyl groups is 1. The first-order valence-electron chi connectivity index (χ1n) is 6.99. The van der Waals surface area contributed by atoms with Crippen LogP contribution in [0.15, 0.2) is 54.6 Å². The summed E-state index contributed by atoms with van der Waals surface area (Å²) in [7, 11) is 1.73. The van der Waals surface area contributed by atoms with E-state index in [2.05, 4.69) is 5.32 Å². The summed E-state index contributed by atoms with van der Waals surface area (Å²) >= 11 is 0. The minimum absolute atomic E-state index is 0.203. The summed E-state index contributed by atoms with van der Waals surface area (Å²) in [6.07, 6.45) is 0. The Kier molecular flexibility index (Phi) is 3.49. The molecule has 0 aromatic heterocycles. The van der Waals surface area contributed by atoms with Crippen LogP contribution >= 0.6 is 0 Å². The van der Waals surface area contributed by atoms with Gasteiger partial charge in [0.15, 0.2) is 5.60 Å². The van der Waals surface area contributed by atoms with Crippen LogP contribution in [0.4, 0.5) is 5.69 Å². The second kappa shape index (κ2) is 5.31. The Morgan fingerprint density at radius 1 is 1.10 bits per heavy atom. The third-order valence-corrected chi connectivity index (χ3v) is 3.86. The van der Waals surface area contributed by atoms with Crippen molar-refractivity contribution < 1.29 is 9.90 Å². The first-order chi connectivity index (χ1) is 10.2. The molecule has 0 aliphatic carbocycles. The maximum Gasteiger partial charge on any atom is 0.265 e. The van der Waals surface area contributed by atoms with Crippen molar-refractivity contribution in [2.24, 2.45) is 0 Å². The van der Waals surface area contributed by atoms with Crippen LogP contribution in [-0.4, -0.2) is 24.6 Å². The normalized spacial score (nSPS) is 20.7. The molecule has 0 saturated carbocycles. The highest BCUT2D eigenvalue weighted by atomic mass is 16.3. The van der Waals surface area contributed by atoms with E-state index in [-0.39, 0.29) is 12.5 Å². The Labute approximate surface area is 124 Å². The summed E-state index contributed by atoms with van der Waals surface area (Å²) < 4.78 is 0. The molecule has 1 unspecified atom stereocenters. The molecule has 0 radical (unpaired) electrons. The average Bonchev–Trinajstić information content (AvgIpc) is 2.72. The lowest BCUT2D eigenvalue weighted by molar-refractivity contribution is -0.135. The standard InChI is InChI=1S/C17H18N2O2/c1-18-12-17(21)14-9-5-6-10-15(14)19(16(17)20)11-13-7-3-2-4-8-13/h2-10,18,21H,11-12H2,1H3. The fourth-order valence-corrected chi connectivity index (χ4v) is 2.86. The Balaban J connectivity index is 2.01. The summed E-state index contributed by atoms with van der Waals surface area (Å²) in [5.41, 5.74) is 0.999. The predicted octanol–water partition coefficient (Wildman–Crippen LogP) is 1.64. The summed E-state index contributed by atoms with van der Waals surface area (Å²) in [5, 5.41) is 13.7. The molecule has 1 aliphatic rings. The number of hydrogen-bond acceptors (Lipinski definition) is 3. The molecule has 0 spiro atoms. The van der Waals surface area contributed by atoms with Crippen LogP contribution in [0.1, 0.15) is 11.1 Å². The lowest BCUT2D eigenvalue weighted by Crippen LogP contribution is -2.46. The first-order valence-corrected chi connectivity index (χ1v) is 6.99. The molecule has 21 heavy (non-hydrogen) atoms. The number of hydrogen-bond donors (Lipinski definition) is 2. The van der Waals surface area contributed by atoms with E-state index in [1.165, 1.54) is 0 Å². The zero-order valence-corrected chi connectivity index (χ0v) is 11.9. The molecule has 2 N–H and O–H groups in total. The topological polar surface area (TPSA) is 52.6 Å². The zero-order valence-electron chi connectivity index (χ0n) is 11.9. The Morgan fingerprint density at radius 3 is 2.48 bits per heavy atom. The van der Waals surface area contributed by atoms with Crippen molar-refractivity contribution in [2.75, 3.05) is 18.5 Å². The van der Waals surface area contributed by atoms with Crippen molar-refractivity contribution in [1.29, 1.82) is 0 Å². The van der Waals surface area contributed by atoms with Crippen LogP contribution in [0.3, 0.4) is 0 Å². The molecule has 4 heteroatoms. The highest BCUT2D eigenvalue weighted by Gasteiger charge is 2.48. The lowest BCUT2D eigenvalue weighted by Gasteiger charge is -2.23. The Hall–Kier alpha value is -2.17. The number of fused-ring (bicyclic) bond motifs is 1. The molecule has 108 valence electrons. The van der Waals surface area contributed by atoms with E-state index in [0.717, 1.165) is 11.3 Å². The van der Waals surface area contributed by atoms with Gasteiger partial charge in [-0.1, -0.05) is 48.5 Å². The SMILES string of the molecule is CNCC1(O)C(=O)N(Cc2ccccc2)c2ccccc21. The molecule has 1 heterocycles. The third kappa shape index (κ3) is 2.22. The molecule has 4 nitrogen and oxygen atoms in total. The van der Waals surface area contributed by atoms with E-state index in [0.29, 0.717) is 12.1 Å². The van der Waals surface area contributed by atoms with Crippen molar-refractivity contribution in [3.8, 4) is 0 Å². The van der Waals surface area contributed by atoms with Gasteiger partial charge in [0.2, 0.25) is 0 Å². The van der Waals surface area contributed by atoms with Crippen LogP contribution in [0.25, 0.3) is 0 Å². The fraction of sp³-hybridized carbons (Fsp3) is 0.235. The molecular weight excluding hydrogens is 264 g/mol. The minimum Gasteiger partial charge on any atom is -0.374 e. The van der Waals surface area contributed by atoms with E-state index in [1.807, 2.05) is 54.6 Å².